The van der Waals surface area contributed by atoms with Crippen LogP contribution in [0.3, 0.4) is 0 Å². The van der Waals surface area contributed by atoms with E-state index < -0.39 is 0 Å². The molecule has 1 unspecified atom stereocenters. The van der Waals surface area contributed by atoms with Gasteiger partial charge in [0.1, 0.15) is 5.52 Å². The fourth-order valence-electron chi connectivity index (χ4n) is 8.86. The molecule has 0 aliphatic heterocycles. The molecule has 1 atom stereocenters. The molecule has 0 saturated carbocycles. The van der Waals surface area contributed by atoms with Gasteiger partial charge in [-0.3, -0.25) is 4.57 Å². The SMILES string of the molecule is C1=CC(c2cc3sc4ccccc4c3c3nc(-n4c5ccccc5c5cc(-n6c7ccccc7c7ccccc76)ccc54)oc23)CC=C1c1ccccc1. The summed E-state index contributed by atoms with van der Waals surface area (Å²) in [4.78, 5) is 5.44. The lowest BCUT2D eigenvalue weighted by atomic mass is 9.87. The first-order valence-electron chi connectivity index (χ1n) is 18.5. The predicted octanol–water partition coefficient (Wildman–Crippen LogP) is 13.5. The van der Waals surface area contributed by atoms with Crippen molar-refractivity contribution >= 4 is 91.8 Å². The van der Waals surface area contributed by atoms with Crippen LogP contribution in [0.1, 0.15) is 23.5 Å². The lowest BCUT2D eigenvalue weighted by Crippen LogP contribution is -1.99. The maximum absolute atomic E-state index is 7.07. The number of fused-ring (bicyclic) bond motifs is 11. The fraction of sp³-hybridized carbons (Fsp3) is 0.0408. The Hall–Kier alpha value is -6.69. The topological polar surface area (TPSA) is 35.9 Å². The van der Waals surface area contributed by atoms with Crippen molar-refractivity contribution in [3.05, 3.63) is 181 Å². The van der Waals surface area contributed by atoms with Crippen molar-refractivity contribution in [3.8, 4) is 11.7 Å². The third kappa shape index (κ3) is 4.27. The molecular weight excluding hydrogens is 679 g/mol. The molecular formula is C49H31N3OS. The summed E-state index contributed by atoms with van der Waals surface area (Å²) in [5.74, 6) is 0.169. The van der Waals surface area contributed by atoms with E-state index in [1.165, 1.54) is 58.7 Å². The van der Waals surface area contributed by atoms with Gasteiger partial charge in [-0.25, -0.2) is 0 Å². The Morgan fingerprint density at radius 1 is 0.574 bits per heavy atom. The van der Waals surface area contributed by atoms with Crippen molar-refractivity contribution in [2.45, 2.75) is 12.3 Å². The minimum absolute atomic E-state index is 0.169. The van der Waals surface area contributed by atoms with E-state index in [9.17, 15) is 0 Å². The zero-order chi connectivity index (χ0) is 35.3. The Morgan fingerprint density at radius 2 is 1.20 bits per heavy atom. The minimum Gasteiger partial charge on any atom is -0.423 e. The van der Waals surface area contributed by atoms with Crippen LogP contribution in [0.25, 0.3) is 92.2 Å². The Balaban J connectivity index is 1.08. The zero-order valence-electron chi connectivity index (χ0n) is 29.1. The van der Waals surface area contributed by atoms with Crippen molar-refractivity contribution in [1.82, 2.24) is 14.1 Å². The summed E-state index contributed by atoms with van der Waals surface area (Å²) in [7, 11) is 0. The van der Waals surface area contributed by atoms with Crippen LogP contribution >= 0.6 is 11.3 Å². The smallest absolute Gasteiger partial charge is 0.307 e. The van der Waals surface area contributed by atoms with Gasteiger partial charge in [0.25, 0.3) is 0 Å². The third-order valence-corrected chi connectivity index (χ3v) is 12.4. The highest BCUT2D eigenvalue weighted by atomic mass is 32.1. The molecule has 254 valence electrons. The predicted molar refractivity (Wildman–Crippen MR) is 226 cm³/mol. The molecule has 0 radical (unpaired) electrons. The maximum Gasteiger partial charge on any atom is 0.307 e. The van der Waals surface area contributed by atoms with Gasteiger partial charge in [0.2, 0.25) is 0 Å². The summed E-state index contributed by atoms with van der Waals surface area (Å²) < 4.78 is 14.2. The number of hydrogen-bond donors (Lipinski definition) is 0. The molecule has 4 aromatic heterocycles. The van der Waals surface area contributed by atoms with Crippen molar-refractivity contribution in [2.24, 2.45) is 0 Å². The summed E-state index contributed by atoms with van der Waals surface area (Å²) in [6, 6.07) is 55.0. The average molecular weight is 710 g/mol. The van der Waals surface area contributed by atoms with Crippen LogP contribution in [-0.2, 0) is 0 Å². The van der Waals surface area contributed by atoms with Gasteiger partial charge in [-0.1, -0.05) is 121 Å². The lowest BCUT2D eigenvalue weighted by molar-refractivity contribution is 0.569. The summed E-state index contributed by atoms with van der Waals surface area (Å²) in [6.07, 6.45) is 7.86. The van der Waals surface area contributed by atoms with E-state index in [0.29, 0.717) is 6.01 Å². The molecule has 4 nitrogen and oxygen atoms in total. The summed E-state index contributed by atoms with van der Waals surface area (Å²) in [5.41, 5.74) is 11.1. The molecule has 4 heterocycles. The molecule has 54 heavy (non-hydrogen) atoms. The zero-order valence-corrected chi connectivity index (χ0v) is 29.9. The largest absolute Gasteiger partial charge is 0.423 e. The van der Waals surface area contributed by atoms with Gasteiger partial charge in [0.15, 0.2) is 5.58 Å². The second kappa shape index (κ2) is 11.4. The second-order valence-electron chi connectivity index (χ2n) is 14.3. The molecule has 11 aromatic rings. The Kier molecular flexibility index (Phi) is 6.30. The number of allylic oxidation sites excluding steroid dienone is 4. The van der Waals surface area contributed by atoms with Crippen LogP contribution < -0.4 is 0 Å². The number of hydrogen-bond acceptors (Lipinski definition) is 3. The molecule has 0 saturated heterocycles. The highest BCUT2D eigenvalue weighted by Gasteiger charge is 2.25. The Bertz CT molecular complexity index is 3320. The van der Waals surface area contributed by atoms with E-state index in [4.69, 9.17) is 9.40 Å². The Morgan fingerprint density at radius 3 is 1.93 bits per heavy atom. The molecule has 1 aliphatic rings. The van der Waals surface area contributed by atoms with Gasteiger partial charge in [-0.2, -0.15) is 4.98 Å². The fourth-order valence-corrected chi connectivity index (χ4v) is 10.0. The molecule has 0 spiro atoms. The highest BCUT2D eigenvalue weighted by Crippen LogP contribution is 2.45. The van der Waals surface area contributed by atoms with Crippen LogP contribution in [0.2, 0.25) is 0 Å². The van der Waals surface area contributed by atoms with Crippen LogP contribution in [-0.4, -0.2) is 14.1 Å². The monoisotopic (exact) mass is 709 g/mol. The third-order valence-electron chi connectivity index (χ3n) is 11.3. The number of thiophene rings is 1. The molecule has 0 N–H and O–H groups in total. The molecule has 0 bridgehead atoms. The van der Waals surface area contributed by atoms with Crippen LogP contribution in [0.5, 0.6) is 0 Å². The number of benzene rings is 7. The van der Waals surface area contributed by atoms with Gasteiger partial charge < -0.3 is 8.98 Å². The quantitative estimate of drug-likeness (QED) is 0.182. The van der Waals surface area contributed by atoms with Gasteiger partial charge in [0.05, 0.1) is 22.1 Å². The second-order valence-corrected chi connectivity index (χ2v) is 15.3. The molecule has 7 aromatic carbocycles. The van der Waals surface area contributed by atoms with Gasteiger partial charge >= 0.3 is 6.01 Å². The summed E-state index contributed by atoms with van der Waals surface area (Å²) in [6.45, 7) is 0. The molecule has 0 amide bonds. The van der Waals surface area contributed by atoms with Crippen molar-refractivity contribution < 1.29 is 4.42 Å². The first-order chi connectivity index (χ1) is 26.8. The van der Waals surface area contributed by atoms with Crippen LogP contribution in [0.15, 0.2) is 174 Å². The molecule has 1 aliphatic carbocycles. The van der Waals surface area contributed by atoms with Gasteiger partial charge in [-0.05, 0) is 66.1 Å². The van der Waals surface area contributed by atoms with Crippen molar-refractivity contribution in [1.29, 1.82) is 0 Å². The van der Waals surface area contributed by atoms with Crippen molar-refractivity contribution in [2.75, 3.05) is 0 Å². The summed E-state index contributed by atoms with van der Waals surface area (Å²) in [5, 5.41) is 7.22. The first kappa shape index (κ1) is 29.8. The number of aromatic nitrogens is 3. The first-order valence-corrected chi connectivity index (χ1v) is 19.3. The van der Waals surface area contributed by atoms with E-state index in [1.807, 2.05) is 11.3 Å². The van der Waals surface area contributed by atoms with Crippen LogP contribution in [0.4, 0.5) is 0 Å². The number of para-hydroxylation sites is 3. The number of rotatable bonds is 4. The number of oxazole rings is 1. The number of nitrogens with zero attached hydrogens (tertiary/aromatic N) is 3. The molecule has 0 fully saturated rings. The molecule has 12 rings (SSSR count). The lowest BCUT2D eigenvalue weighted by Gasteiger charge is -2.17. The maximum atomic E-state index is 7.07. The Labute approximate surface area is 314 Å². The standard InChI is InChI=1S/C49H31N3OS/c1-2-12-30(13-3-1)31-22-24-32(25-23-31)38-29-45-46(37-17-7-11-21-44(37)54-45)47-48(38)53-49(50-47)52-42-20-10-6-16-36(42)39-28-33(26-27-43(39)52)51-40-18-8-4-14-34(40)35-15-5-9-19-41(35)51/h1-24,26-29,32H,25H2. The van der Waals surface area contributed by atoms with E-state index >= 15 is 0 Å². The van der Waals surface area contributed by atoms with E-state index in [0.717, 1.165) is 45.0 Å². The summed E-state index contributed by atoms with van der Waals surface area (Å²) >= 11 is 1.84. The van der Waals surface area contributed by atoms with Crippen molar-refractivity contribution in [3.63, 3.8) is 0 Å². The van der Waals surface area contributed by atoms with E-state index in [2.05, 4.69) is 179 Å². The minimum atomic E-state index is 0.169. The molecule has 5 heteroatoms. The van der Waals surface area contributed by atoms with Crippen LogP contribution in [0, 0.1) is 0 Å². The van der Waals surface area contributed by atoms with E-state index in [-0.39, 0.29) is 5.92 Å². The van der Waals surface area contributed by atoms with Gasteiger partial charge in [0, 0.05) is 58.9 Å². The van der Waals surface area contributed by atoms with Gasteiger partial charge in [-0.15, -0.1) is 11.3 Å². The highest BCUT2D eigenvalue weighted by molar-refractivity contribution is 7.26. The average Bonchev–Trinajstić information content (AvgIpc) is 4.00. The van der Waals surface area contributed by atoms with E-state index in [1.54, 1.807) is 0 Å². The normalized spacial score (nSPS) is 14.8.